The summed E-state index contributed by atoms with van der Waals surface area (Å²) in [6.45, 7) is 3.40. The van der Waals surface area contributed by atoms with E-state index in [0.717, 1.165) is 11.3 Å². The molecule has 2 N–H and O–H groups in total. The lowest BCUT2D eigenvalue weighted by molar-refractivity contribution is -0.379. The summed E-state index contributed by atoms with van der Waals surface area (Å²) < 4.78 is 0. The molecule has 1 heterocycles. The number of hydrogen-bond acceptors (Lipinski definition) is 5. The van der Waals surface area contributed by atoms with Gasteiger partial charge in [-0.15, -0.1) is 0 Å². The fourth-order valence-corrected chi connectivity index (χ4v) is 1.59. The van der Waals surface area contributed by atoms with E-state index in [-0.39, 0.29) is 11.0 Å². The number of anilines is 1. The molecule has 2 atom stereocenters. The zero-order valence-electron chi connectivity index (χ0n) is 7.93. The number of hydrogen-bond donors (Lipinski definition) is 2. The van der Waals surface area contributed by atoms with Gasteiger partial charge in [0, 0.05) is 6.04 Å². The first kappa shape index (κ1) is 10.9. The summed E-state index contributed by atoms with van der Waals surface area (Å²) in [6, 6.07) is 1.44. The molecule has 1 aromatic heterocycles. The quantitative estimate of drug-likeness (QED) is 0.594. The molecule has 2 unspecified atom stereocenters. The highest BCUT2D eigenvalue weighted by Crippen LogP contribution is 2.31. The Kier molecular flexibility index (Phi) is 3.43. The lowest BCUT2D eigenvalue weighted by Crippen LogP contribution is -2.27. The average Bonchev–Trinajstić information content (AvgIpc) is 2.52. The number of nitro groups is 1. The molecule has 6 heteroatoms. The van der Waals surface area contributed by atoms with Crippen LogP contribution in [0, 0.1) is 10.1 Å². The number of nitrogens with zero attached hydrogens (tertiary/aromatic N) is 1. The normalized spacial score (nSPS) is 14.8. The van der Waals surface area contributed by atoms with Crippen molar-refractivity contribution >= 4 is 22.0 Å². The average molecular weight is 216 g/mol. The maximum absolute atomic E-state index is 10.5. The lowest BCUT2D eigenvalue weighted by Gasteiger charge is -2.16. The molecule has 0 aromatic carbocycles. The monoisotopic (exact) mass is 216 g/mol. The highest BCUT2D eigenvalue weighted by atomic mass is 32.1. The number of thiophene rings is 1. The number of rotatable bonds is 4. The largest absolute Gasteiger partial charge is 0.391 e. The van der Waals surface area contributed by atoms with Gasteiger partial charge in [-0.1, -0.05) is 11.3 Å². The van der Waals surface area contributed by atoms with Crippen LogP contribution in [0.25, 0.3) is 0 Å². The Morgan fingerprint density at radius 1 is 1.64 bits per heavy atom. The van der Waals surface area contributed by atoms with Gasteiger partial charge in [-0.05, 0) is 25.3 Å². The highest BCUT2D eigenvalue weighted by molar-refractivity contribution is 7.14. The van der Waals surface area contributed by atoms with Crippen molar-refractivity contribution in [1.29, 1.82) is 0 Å². The molecule has 14 heavy (non-hydrogen) atoms. The Hall–Kier alpha value is -1.14. The number of aliphatic hydroxyl groups is 1. The molecule has 0 radical (unpaired) electrons. The van der Waals surface area contributed by atoms with Crippen molar-refractivity contribution in [1.82, 2.24) is 0 Å². The highest BCUT2D eigenvalue weighted by Gasteiger charge is 2.18. The zero-order chi connectivity index (χ0) is 10.7. The van der Waals surface area contributed by atoms with Gasteiger partial charge in [0.15, 0.2) is 0 Å². The van der Waals surface area contributed by atoms with Crippen LogP contribution < -0.4 is 5.32 Å². The Morgan fingerprint density at radius 2 is 2.29 bits per heavy atom. The van der Waals surface area contributed by atoms with E-state index in [1.54, 1.807) is 25.3 Å². The van der Waals surface area contributed by atoms with E-state index in [0.29, 0.717) is 5.69 Å². The van der Waals surface area contributed by atoms with E-state index in [2.05, 4.69) is 5.32 Å². The molecule has 78 valence electrons. The Morgan fingerprint density at radius 3 is 2.79 bits per heavy atom. The van der Waals surface area contributed by atoms with Gasteiger partial charge in [0.2, 0.25) is 0 Å². The minimum atomic E-state index is -0.547. The van der Waals surface area contributed by atoms with Gasteiger partial charge in [0.05, 0.1) is 11.0 Å². The number of nitrogens with one attached hydrogen (secondary N) is 1. The Balaban J connectivity index is 2.76. The second-order valence-electron chi connectivity index (χ2n) is 3.07. The molecule has 0 aliphatic rings. The second kappa shape index (κ2) is 4.39. The van der Waals surface area contributed by atoms with Crippen molar-refractivity contribution in [3.8, 4) is 0 Å². The van der Waals surface area contributed by atoms with Crippen molar-refractivity contribution in [2.45, 2.75) is 26.0 Å². The fraction of sp³-hybridized carbons (Fsp3) is 0.500. The molecule has 1 aromatic rings. The van der Waals surface area contributed by atoms with Crippen LogP contribution in [-0.2, 0) is 0 Å². The Labute approximate surface area is 85.5 Å². The molecule has 0 saturated carbocycles. The van der Waals surface area contributed by atoms with Crippen LogP contribution >= 0.6 is 11.3 Å². The van der Waals surface area contributed by atoms with Gasteiger partial charge in [0.25, 0.3) is 0 Å². The summed E-state index contributed by atoms with van der Waals surface area (Å²) in [4.78, 5) is 10.1. The van der Waals surface area contributed by atoms with Crippen molar-refractivity contribution in [3.05, 3.63) is 21.6 Å². The summed E-state index contributed by atoms with van der Waals surface area (Å²) in [5.74, 6) is 0. The standard InChI is InChI=1S/C8H12N2O3S/c1-5(6(2)11)9-7-3-4-14-8(7)10(12)13/h3-6,9,11H,1-2H3. The van der Waals surface area contributed by atoms with Gasteiger partial charge in [-0.3, -0.25) is 10.1 Å². The topological polar surface area (TPSA) is 75.4 Å². The molecule has 0 bridgehead atoms. The maximum Gasteiger partial charge on any atom is 0.347 e. The molecule has 0 spiro atoms. The van der Waals surface area contributed by atoms with Crippen molar-refractivity contribution in [2.75, 3.05) is 5.32 Å². The summed E-state index contributed by atoms with van der Waals surface area (Å²) in [6.07, 6.45) is -0.547. The smallest absolute Gasteiger partial charge is 0.347 e. The second-order valence-corrected chi connectivity index (χ2v) is 3.96. The minimum Gasteiger partial charge on any atom is -0.391 e. The minimum absolute atomic E-state index is 0.0810. The molecular formula is C8H12N2O3S. The van der Waals surface area contributed by atoms with Crippen LogP contribution in [0.3, 0.4) is 0 Å². The van der Waals surface area contributed by atoms with Crippen LogP contribution in [0.1, 0.15) is 13.8 Å². The van der Waals surface area contributed by atoms with Gasteiger partial charge in [-0.2, -0.15) is 0 Å². The van der Waals surface area contributed by atoms with Crippen LogP contribution in [-0.4, -0.2) is 22.2 Å². The summed E-state index contributed by atoms with van der Waals surface area (Å²) >= 11 is 1.07. The van der Waals surface area contributed by atoms with Crippen LogP contribution in [0.4, 0.5) is 10.7 Å². The molecule has 0 fully saturated rings. The van der Waals surface area contributed by atoms with E-state index in [1.807, 2.05) is 0 Å². The maximum atomic E-state index is 10.5. The molecular weight excluding hydrogens is 204 g/mol. The van der Waals surface area contributed by atoms with Gasteiger partial charge < -0.3 is 10.4 Å². The van der Waals surface area contributed by atoms with Gasteiger partial charge in [-0.25, -0.2) is 0 Å². The first-order valence-electron chi connectivity index (χ1n) is 4.19. The van der Waals surface area contributed by atoms with Crippen molar-refractivity contribution in [3.63, 3.8) is 0 Å². The van der Waals surface area contributed by atoms with Crippen molar-refractivity contribution in [2.24, 2.45) is 0 Å². The van der Waals surface area contributed by atoms with Gasteiger partial charge in [0.1, 0.15) is 5.69 Å². The molecule has 0 aliphatic carbocycles. The lowest BCUT2D eigenvalue weighted by atomic mass is 10.2. The van der Waals surface area contributed by atoms with Crippen molar-refractivity contribution < 1.29 is 10.0 Å². The summed E-state index contributed by atoms with van der Waals surface area (Å²) in [5, 5.41) is 24.4. The van der Waals surface area contributed by atoms with Crippen LogP contribution in [0.2, 0.25) is 0 Å². The van der Waals surface area contributed by atoms with E-state index in [9.17, 15) is 15.2 Å². The van der Waals surface area contributed by atoms with Gasteiger partial charge >= 0.3 is 5.00 Å². The van der Waals surface area contributed by atoms with Crippen LogP contribution in [0.5, 0.6) is 0 Å². The van der Waals surface area contributed by atoms with E-state index in [4.69, 9.17) is 0 Å². The summed E-state index contributed by atoms with van der Waals surface area (Å²) in [5.41, 5.74) is 0.466. The van der Waals surface area contributed by atoms with E-state index < -0.39 is 11.0 Å². The predicted molar refractivity (Wildman–Crippen MR) is 55.7 cm³/mol. The molecule has 5 nitrogen and oxygen atoms in total. The molecule has 0 aliphatic heterocycles. The zero-order valence-corrected chi connectivity index (χ0v) is 8.75. The predicted octanol–water partition coefficient (Wildman–Crippen LogP) is 1.84. The third kappa shape index (κ3) is 2.43. The molecule has 0 saturated heterocycles. The fourth-order valence-electron chi connectivity index (χ4n) is 0.918. The SMILES string of the molecule is CC(O)C(C)Nc1ccsc1[N+](=O)[O-]. The Bertz CT molecular complexity index is 324. The van der Waals surface area contributed by atoms with E-state index >= 15 is 0 Å². The third-order valence-corrected chi connectivity index (χ3v) is 2.78. The number of aliphatic hydroxyl groups excluding tert-OH is 1. The van der Waals surface area contributed by atoms with Crippen LogP contribution in [0.15, 0.2) is 11.4 Å². The first-order valence-corrected chi connectivity index (χ1v) is 5.07. The molecule has 0 amide bonds. The third-order valence-electron chi connectivity index (χ3n) is 1.92. The first-order chi connectivity index (χ1) is 6.52. The van der Waals surface area contributed by atoms with E-state index in [1.165, 1.54) is 0 Å². The molecule has 1 rings (SSSR count). The summed E-state index contributed by atoms with van der Waals surface area (Å²) in [7, 11) is 0.